The molecular formula is C14H20Cl2N4. The normalized spacial score (nSPS) is 25.4. The third kappa shape index (κ3) is 3.03. The topological polar surface area (TPSA) is 45.4 Å². The summed E-state index contributed by atoms with van der Waals surface area (Å²) in [5, 5.41) is 1.22. The minimum absolute atomic E-state index is 0.385. The summed E-state index contributed by atoms with van der Waals surface area (Å²) in [5.74, 6) is 0.854. The fraction of sp³-hybridized carbons (Fsp3) is 0.643. The first-order valence-electron chi connectivity index (χ1n) is 7.19. The molecule has 110 valence electrons. The lowest BCUT2D eigenvalue weighted by atomic mass is 10.0. The summed E-state index contributed by atoms with van der Waals surface area (Å²) in [5.41, 5.74) is 5.97. The van der Waals surface area contributed by atoms with Crippen molar-refractivity contribution in [2.45, 2.75) is 31.3 Å². The van der Waals surface area contributed by atoms with E-state index in [0.717, 1.165) is 51.3 Å². The second kappa shape index (κ2) is 6.06. The van der Waals surface area contributed by atoms with E-state index in [0.29, 0.717) is 22.1 Å². The first kappa shape index (κ1) is 14.4. The van der Waals surface area contributed by atoms with Crippen LogP contribution >= 0.6 is 23.2 Å². The van der Waals surface area contributed by atoms with Crippen molar-refractivity contribution in [3.05, 3.63) is 22.3 Å². The van der Waals surface area contributed by atoms with Gasteiger partial charge in [-0.1, -0.05) is 23.2 Å². The fourth-order valence-electron chi connectivity index (χ4n) is 3.16. The SMILES string of the molecule is NC1CCN(C2CCN(c3ncc(Cl)cc3Cl)C2)CC1. The molecule has 0 amide bonds. The molecule has 2 N–H and O–H groups in total. The monoisotopic (exact) mass is 314 g/mol. The predicted octanol–water partition coefficient (Wildman–Crippen LogP) is 2.39. The van der Waals surface area contributed by atoms with Crippen LogP contribution in [0.4, 0.5) is 5.82 Å². The molecule has 1 atom stereocenters. The van der Waals surface area contributed by atoms with E-state index in [1.165, 1.54) is 0 Å². The van der Waals surface area contributed by atoms with Gasteiger partial charge in [0.05, 0.1) is 10.0 Å². The van der Waals surface area contributed by atoms with Crippen molar-refractivity contribution in [1.29, 1.82) is 0 Å². The summed E-state index contributed by atoms with van der Waals surface area (Å²) in [6.45, 7) is 4.22. The van der Waals surface area contributed by atoms with Crippen molar-refractivity contribution in [3.8, 4) is 0 Å². The van der Waals surface area contributed by atoms with Crippen molar-refractivity contribution >= 4 is 29.0 Å². The number of likely N-dealkylation sites (tertiary alicyclic amines) is 1. The summed E-state index contributed by atoms with van der Waals surface area (Å²) >= 11 is 12.1. The molecule has 4 nitrogen and oxygen atoms in total. The summed E-state index contributed by atoms with van der Waals surface area (Å²) in [6.07, 6.45) is 5.04. The molecule has 3 heterocycles. The van der Waals surface area contributed by atoms with Crippen LogP contribution in [0.15, 0.2) is 12.3 Å². The van der Waals surface area contributed by atoms with Crippen LogP contribution in [0.5, 0.6) is 0 Å². The van der Waals surface area contributed by atoms with Crippen molar-refractivity contribution in [1.82, 2.24) is 9.88 Å². The highest BCUT2D eigenvalue weighted by molar-refractivity contribution is 6.36. The number of halogens is 2. The Morgan fingerprint density at radius 2 is 1.90 bits per heavy atom. The van der Waals surface area contributed by atoms with Crippen LogP contribution in [0.2, 0.25) is 10.0 Å². The maximum absolute atomic E-state index is 6.24. The Hall–Kier alpha value is -0.550. The summed E-state index contributed by atoms with van der Waals surface area (Å²) in [6, 6.07) is 2.74. The quantitative estimate of drug-likeness (QED) is 0.910. The third-order valence-corrected chi connectivity index (χ3v) is 4.83. The minimum atomic E-state index is 0.385. The van der Waals surface area contributed by atoms with Crippen molar-refractivity contribution in [3.63, 3.8) is 0 Å². The highest BCUT2D eigenvalue weighted by Crippen LogP contribution is 2.30. The molecular weight excluding hydrogens is 295 g/mol. The first-order valence-corrected chi connectivity index (χ1v) is 7.94. The van der Waals surface area contributed by atoms with Crippen LogP contribution in [0.1, 0.15) is 19.3 Å². The van der Waals surface area contributed by atoms with E-state index in [1.807, 2.05) is 0 Å². The lowest BCUT2D eigenvalue weighted by Crippen LogP contribution is -2.46. The number of pyridine rings is 1. The van der Waals surface area contributed by atoms with Gasteiger partial charge in [-0.3, -0.25) is 4.90 Å². The number of piperidine rings is 1. The number of anilines is 1. The lowest BCUT2D eigenvalue weighted by Gasteiger charge is -2.34. The number of nitrogens with two attached hydrogens (primary N) is 1. The molecule has 0 bridgehead atoms. The van der Waals surface area contributed by atoms with Crippen molar-refractivity contribution in [2.24, 2.45) is 5.73 Å². The minimum Gasteiger partial charge on any atom is -0.354 e. The van der Waals surface area contributed by atoms with Gasteiger partial charge in [-0.05, 0) is 38.4 Å². The molecule has 3 rings (SSSR count). The number of hydrogen-bond acceptors (Lipinski definition) is 4. The standard InChI is InChI=1S/C14H20Cl2N4/c15-10-7-13(16)14(18-8-10)20-6-3-12(9-20)19-4-1-11(17)2-5-19/h7-8,11-12H,1-6,9,17H2. The van der Waals surface area contributed by atoms with Crippen LogP contribution in [0, 0.1) is 0 Å². The zero-order valence-corrected chi connectivity index (χ0v) is 12.9. The molecule has 2 saturated heterocycles. The number of hydrogen-bond donors (Lipinski definition) is 1. The molecule has 2 fully saturated rings. The largest absolute Gasteiger partial charge is 0.354 e. The molecule has 20 heavy (non-hydrogen) atoms. The van der Waals surface area contributed by atoms with E-state index in [2.05, 4.69) is 14.8 Å². The smallest absolute Gasteiger partial charge is 0.147 e. The zero-order valence-electron chi connectivity index (χ0n) is 11.4. The summed E-state index contributed by atoms with van der Waals surface area (Å²) < 4.78 is 0. The van der Waals surface area contributed by atoms with E-state index in [4.69, 9.17) is 28.9 Å². The molecule has 1 aromatic rings. The van der Waals surface area contributed by atoms with Crippen LogP contribution in [-0.2, 0) is 0 Å². The van der Waals surface area contributed by atoms with E-state index < -0.39 is 0 Å². The van der Waals surface area contributed by atoms with Gasteiger partial charge in [0.15, 0.2) is 0 Å². The van der Waals surface area contributed by atoms with E-state index in [-0.39, 0.29) is 0 Å². The van der Waals surface area contributed by atoms with Gasteiger partial charge in [-0.2, -0.15) is 0 Å². The first-order chi connectivity index (χ1) is 9.63. The summed E-state index contributed by atoms with van der Waals surface area (Å²) in [4.78, 5) is 9.20. The van der Waals surface area contributed by atoms with Crippen molar-refractivity contribution in [2.75, 3.05) is 31.1 Å². The van der Waals surface area contributed by atoms with Gasteiger partial charge in [-0.25, -0.2) is 4.98 Å². The molecule has 0 radical (unpaired) electrons. The molecule has 0 saturated carbocycles. The lowest BCUT2D eigenvalue weighted by molar-refractivity contribution is 0.163. The van der Waals surface area contributed by atoms with Gasteiger partial charge in [-0.15, -0.1) is 0 Å². The van der Waals surface area contributed by atoms with Gasteiger partial charge < -0.3 is 10.6 Å². The maximum Gasteiger partial charge on any atom is 0.147 e. The molecule has 0 aromatic carbocycles. The second-order valence-electron chi connectivity index (χ2n) is 5.72. The van der Waals surface area contributed by atoms with Crippen LogP contribution in [-0.4, -0.2) is 48.1 Å². The van der Waals surface area contributed by atoms with Crippen LogP contribution in [0.25, 0.3) is 0 Å². The second-order valence-corrected chi connectivity index (χ2v) is 6.56. The maximum atomic E-state index is 6.24. The average molecular weight is 315 g/mol. The van der Waals surface area contributed by atoms with E-state index >= 15 is 0 Å². The Balaban J connectivity index is 1.64. The molecule has 6 heteroatoms. The third-order valence-electron chi connectivity index (χ3n) is 4.34. The molecule has 0 spiro atoms. The molecule has 2 aliphatic heterocycles. The van der Waals surface area contributed by atoms with Gasteiger partial charge in [0.25, 0.3) is 0 Å². The average Bonchev–Trinajstić information content (AvgIpc) is 2.89. The molecule has 0 aliphatic carbocycles. The Morgan fingerprint density at radius 3 is 2.60 bits per heavy atom. The molecule has 1 unspecified atom stereocenters. The van der Waals surface area contributed by atoms with Gasteiger partial charge >= 0.3 is 0 Å². The Kier molecular flexibility index (Phi) is 4.36. The van der Waals surface area contributed by atoms with Crippen LogP contribution < -0.4 is 10.6 Å². The highest BCUT2D eigenvalue weighted by Gasteiger charge is 2.31. The Labute approximate surface area is 129 Å². The highest BCUT2D eigenvalue weighted by atomic mass is 35.5. The van der Waals surface area contributed by atoms with E-state index in [9.17, 15) is 0 Å². The molecule has 2 aliphatic rings. The van der Waals surface area contributed by atoms with Gasteiger partial charge in [0.2, 0.25) is 0 Å². The number of aromatic nitrogens is 1. The summed E-state index contributed by atoms with van der Waals surface area (Å²) in [7, 11) is 0. The Bertz CT molecular complexity index is 474. The Morgan fingerprint density at radius 1 is 1.15 bits per heavy atom. The van der Waals surface area contributed by atoms with E-state index in [1.54, 1.807) is 12.3 Å². The van der Waals surface area contributed by atoms with Crippen molar-refractivity contribution < 1.29 is 0 Å². The number of rotatable bonds is 2. The van der Waals surface area contributed by atoms with Gasteiger partial charge in [0.1, 0.15) is 5.82 Å². The number of nitrogens with zero attached hydrogens (tertiary/aromatic N) is 3. The fourth-order valence-corrected chi connectivity index (χ4v) is 3.66. The zero-order chi connectivity index (χ0) is 14.1. The van der Waals surface area contributed by atoms with Crippen LogP contribution in [0.3, 0.4) is 0 Å². The molecule has 1 aromatic heterocycles. The predicted molar refractivity (Wildman–Crippen MR) is 83.7 cm³/mol. The van der Waals surface area contributed by atoms with Gasteiger partial charge in [0, 0.05) is 31.4 Å².